The number of epoxide rings is 3. The molecule has 60 heavy (non-hydrogen) atoms. The lowest BCUT2D eigenvalue weighted by Crippen LogP contribution is -2.13. The van der Waals surface area contributed by atoms with Gasteiger partial charge in [0.1, 0.15) is 79.7 Å². The molecule has 3 aliphatic heterocycles. The van der Waals surface area contributed by atoms with E-state index in [2.05, 4.69) is 65.2 Å². The van der Waals surface area contributed by atoms with Crippen LogP contribution >= 0.6 is 0 Å². The number of ether oxygens (including phenoxy) is 6. The molecular formula is C49H57N3O8. The summed E-state index contributed by atoms with van der Waals surface area (Å²) in [5.41, 5.74) is 12.7. The molecule has 0 saturated carbocycles. The normalized spacial score (nSPS) is 19.8. The molecule has 3 heterocycles. The molecule has 7 rings (SSSR count). The summed E-state index contributed by atoms with van der Waals surface area (Å²) in [7, 11) is 3.50. The molecule has 5 unspecified atom stereocenters. The van der Waals surface area contributed by atoms with E-state index < -0.39 is 0 Å². The van der Waals surface area contributed by atoms with Gasteiger partial charge in [-0.2, -0.15) is 0 Å². The van der Waals surface area contributed by atoms with Gasteiger partial charge in [0.2, 0.25) is 0 Å². The van der Waals surface area contributed by atoms with Crippen molar-refractivity contribution in [2.75, 3.05) is 19.8 Å². The van der Waals surface area contributed by atoms with Gasteiger partial charge in [-0.3, -0.25) is 0 Å². The van der Waals surface area contributed by atoms with E-state index in [9.17, 15) is 10.4 Å². The molecule has 3 aliphatic rings. The highest BCUT2D eigenvalue weighted by Crippen LogP contribution is 2.40. The van der Waals surface area contributed by atoms with Crippen molar-refractivity contribution in [1.29, 1.82) is 0 Å². The molecule has 0 aromatic heterocycles. The van der Waals surface area contributed by atoms with E-state index in [0.717, 1.165) is 78.4 Å². The first-order valence-electron chi connectivity index (χ1n) is 20.2. The molecule has 4 aromatic rings. The minimum atomic E-state index is -0.0854. The summed E-state index contributed by atoms with van der Waals surface area (Å²) in [6.45, 7) is 25.5. The summed E-state index contributed by atoms with van der Waals surface area (Å²) in [6, 6.07) is 24.2. The Kier molecular flexibility index (Phi) is 14.6. The van der Waals surface area contributed by atoms with Gasteiger partial charge in [-0.1, -0.05) is 48.5 Å². The molecule has 0 radical (unpaired) electrons. The van der Waals surface area contributed by atoms with Crippen LogP contribution in [-0.4, -0.2) is 49.8 Å². The Labute approximate surface area is 355 Å². The number of aryl methyl sites for hydroxylation is 6. The van der Waals surface area contributed by atoms with Crippen molar-refractivity contribution in [2.45, 2.75) is 119 Å². The molecule has 11 heteroatoms. The van der Waals surface area contributed by atoms with E-state index in [1.807, 2.05) is 106 Å². The van der Waals surface area contributed by atoms with Crippen LogP contribution in [0.25, 0.3) is 14.9 Å². The van der Waals surface area contributed by atoms with Gasteiger partial charge < -0.3 is 38.8 Å². The summed E-state index contributed by atoms with van der Waals surface area (Å²) in [5, 5.41) is 26.3. The topological polar surface area (TPSA) is 124 Å². The zero-order valence-electron chi connectivity index (χ0n) is 36.9. The predicted molar refractivity (Wildman–Crippen MR) is 237 cm³/mol. The fraction of sp³-hybridized carbons (Fsp3) is 0.429. The van der Waals surface area contributed by atoms with Crippen LogP contribution in [-0.2, 0) is 14.2 Å². The summed E-state index contributed by atoms with van der Waals surface area (Å²) in [4.78, 5) is 3.78. The lowest BCUT2D eigenvalue weighted by Gasteiger charge is -2.15. The van der Waals surface area contributed by atoms with Crippen LogP contribution < -0.4 is 14.2 Å². The summed E-state index contributed by atoms with van der Waals surface area (Å²) >= 11 is 0. The van der Waals surface area contributed by atoms with Crippen LogP contribution in [0, 0.1) is 98.0 Å². The van der Waals surface area contributed by atoms with E-state index in [1.54, 1.807) is 0 Å². The van der Waals surface area contributed by atoms with E-state index >= 15 is 0 Å². The molecule has 0 aliphatic carbocycles. The van der Waals surface area contributed by atoms with Crippen LogP contribution in [0.5, 0.6) is 17.2 Å². The van der Waals surface area contributed by atoms with Crippen molar-refractivity contribution in [2.24, 2.45) is 0 Å². The maximum Gasteiger partial charge on any atom is 0.337 e. The number of nitrogens with zero attached hydrogens (tertiary/aromatic N) is 3. The highest BCUT2D eigenvalue weighted by Gasteiger charge is 2.48. The Bertz CT molecular complexity index is 2390. The van der Waals surface area contributed by atoms with Gasteiger partial charge >= 0.3 is 12.1 Å². The molecule has 4 aromatic carbocycles. The first-order valence-corrected chi connectivity index (χ1v) is 20.2. The average Bonchev–Trinajstić information content (AvgIpc) is 4.16. The van der Waals surface area contributed by atoms with Crippen LogP contribution in [0.3, 0.4) is 0 Å². The molecule has 3 saturated heterocycles. The minimum Gasteiger partial charge on any atom is -0.498 e. The second kappa shape index (κ2) is 19.4. The largest absolute Gasteiger partial charge is 0.498 e. The summed E-state index contributed by atoms with van der Waals surface area (Å²) < 4.78 is 34.3. The second-order valence-electron chi connectivity index (χ2n) is 16.2. The van der Waals surface area contributed by atoms with Gasteiger partial charge in [0.25, 0.3) is 0 Å². The first-order chi connectivity index (χ1) is 28.5. The van der Waals surface area contributed by atoms with Crippen molar-refractivity contribution in [3.63, 3.8) is 0 Å². The Morgan fingerprint density at radius 3 is 1.40 bits per heavy atom. The maximum atomic E-state index is 10.4. The molecule has 11 nitrogen and oxygen atoms in total. The number of rotatable bonds is 10. The number of hydrogen-bond donors (Lipinski definition) is 0. The van der Waals surface area contributed by atoms with Gasteiger partial charge in [0.05, 0.1) is 17.8 Å². The van der Waals surface area contributed by atoms with E-state index in [0.29, 0.717) is 25.4 Å². The van der Waals surface area contributed by atoms with Crippen molar-refractivity contribution in [1.82, 2.24) is 0 Å². The molecule has 5 atom stereocenters. The Morgan fingerprint density at radius 1 is 0.617 bits per heavy atom. The highest BCUT2D eigenvalue weighted by atomic mass is 16.6. The zero-order chi connectivity index (χ0) is 43.9. The van der Waals surface area contributed by atoms with Gasteiger partial charge in [0.15, 0.2) is 0 Å². The zero-order valence-corrected chi connectivity index (χ0v) is 36.9. The minimum absolute atomic E-state index is 0.0854. The molecule has 316 valence electrons. The van der Waals surface area contributed by atoms with Gasteiger partial charge in [0, 0.05) is 26.7 Å². The third-order valence-electron chi connectivity index (χ3n) is 11.1. The third kappa shape index (κ3) is 11.0. The highest BCUT2D eigenvalue weighted by molar-refractivity contribution is 5.57. The monoisotopic (exact) mass is 815 g/mol. The van der Waals surface area contributed by atoms with Crippen molar-refractivity contribution in [3.8, 4) is 35.5 Å². The van der Waals surface area contributed by atoms with Crippen LogP contribution in [0.1, 0.15) is 99.2 Å². The fourth-order valence-electron chi connectivity index (χ4n) is 7.52. The van der Waals surface area contributed by atoms with Gasteiger partial charge in [-0.25, -0.2) is 4.85 Å². The lowest BCUT2D eigenvalue weighted by molar-refractivity contribution is 0.252. The predicted octanol–water partition coefficient (Wildman–Crippen LogP) is 10.9. The van der Waals surface area contributed by atoms with Gasteiger partial charge in [-0.15, -0.1) is 0 Å². The molecule has 0 spiro atoms. The van der Waals surface area contributed by atoms with Crippen molar-refractivity contribution < 1.29 is 28.4 Å². The summed E-state index contributed by atoms with van der Waals surface area (Å²) in [6.07, 6.45) is 0.866. The van der Waals surface area contributed by atoms with Crippen LogP contribution in [0.4, 0.5) is 0 Å². The third-order valence-corrected chi connectivity index (χ3v) is 11.1. The molecule has 0 N–H and O–H groups in total. The molecule has 0 amide bonds. The standard InChI is InChI=1S/C20H21NO2.C15H19NO3.C14H17NO3/c1-13-10-14(2)19(15(3)17(13)11-21-4)22-12-18-20(23-18)16-8-6-5-7-9-16;1-9-6-10(2)14(11(3)12(9)7-16-17)18-8-13-15(4,5)19-13;1-8-5-9(2)14(10(3)12(8)6-15-16)17-7-13-11(4)18-13/h5-10,18,20H,4,12H2,1-3H3;6,13H,8H2,1-5H3;5,11,13H,7H2,1-4H3. The van der Waals surface area contributed by atoms with Gasteiger partial charge in [-0.05, 0) is 128 Å². The van der Waals surface area contributed by atoms with Crippen molar-refractivity contribution >= 4 is 0 Å². The first kappa shape index (κ1) is 45.2. The Hall–Kier alpha value is -5.90. The fourth-order valence-corrected chi connectivity index (χ4v) is 7.52. The lowest BCUT2D eigenvalue weighted by atomic mass is 9.99. The quantitative estimate of drug-likeness (QED) is 0.0880. The number of hydrogen-bond acceptors (Lipinski definition) is 8. The molecule has 3 fully saturated rings. The molecular weight excluding hydrogens is 759 g/mol. The average molecular weight is 816 g/mol. The van der Waals surface area contributed by atoms with Crippen LogP contribution in [0.15, 0.2) is 48.5 Å². The Balaban J connectivity index is 0.000000172. The molecule has 0 bridgehead atoms. The summed E-state index contributed by atoms with van der Waals surface area (Å²) in [5.74, 6) is 2.49. The Morgan fingerprint density at radius 2 is 1.02 bits per heavy atom. The van der Waals surface area contributed by atoms with E-state index in [-0.39, 0.29) is 36.1 Å². The van der Waals surface area contributed by atoms with Crippen LogP contribution in [0.2, 0.25) is 0 Å². The van der Waals surface area contributed by atoms with Crippen molar-refractivity contribution in [3.05, 3.63) is 153 Å². The number of benzene rings is 4. The maximum absolute atomic E-state index is 10.4. The SMILES string of the molecule is Cc1cc(C)c(OCC2OC2(C)C)c(C)c1C#[N+][O-].Cc1cc(C)c(OCC2OC2C)c(C)c1C#[N+][O-].[CH2-][N+]#Cc1c(C)cc(C)c(OCC2OC2c2ccccc2)c1C. The second-order valence-corrected chi connectivity index (χ2v) is 16.2. The van der Waals surface area contributed by atoms with E-state index in [1.165, 1.54) is 5.56 Å². The smallest absolute Gasteiger partial charge is 0.337 e. The van der Waals surface area contributed by atoms with E-state index in [4.69, 9.17) is 28.4 Å².